The van der Waals surface area contributed by atoms with E-state index in [4.69, 9.17) is 0 Å². The Hall–Kier alpha value is -2.60. The molecule has 158 valence electrons. The van der Waals surface area contributed by atoms with Crippen LogP contribution in [0.25, 0.3) is 10.9 Å². The lowest BCUT2D eigenvalue weighted by Crippen LogP contribution is -2.29. The molecule has 0 atom stereocenters. The van der Waals surface area contributed by atoms with Gasteiger partial charge in [0.1, 0.15) is 0 Å². The first-order valence-electron chi connectivity index (χ1n) is 10.2. The van der Waals surface area contributed by atoms with Gasteiger partial charge >= 0.3 is 0 Å². The maximum absolute atomic E-state index is 13.0. The van der Waals surface area contributed by atoms with E-state index in [-0.39, 0.29) is 17.2 Å². The van der Waals surface area contributed by atoms with Gasteiger partial charge in [0.25, 0.3) is 5.56 Å². The molecule has 2 aromatic carbocycles. The highest BCUT2D eigenvalue weighted by molar-refractivity contribution is 7.99. The van der Waals surface area contributed by atoms with Gasteiger partial charge in [-0.05, 0) is 43.0 Å². The van der Waals surface area contributed by atoms with Crippen molar-refractivity contribution in [3.05, 3.63) is 69.5 Å². The van der Waals surface area contributed by atoms with E-state index in [1.165, 1.54) is 22.9 Å². The summed E-state index contributed by atoms with van der Waals surface area (Å²) < 4.78 is 1.70. The highest BCUT2D eigenvalue weighted by Crippen LogP contribution is 2.20. The Bertz CT molecular complexity index is 1120. The second-order valence-electron chi connectivity index (χ2n) is 8.19. The summed E-state index contributed by atoms with van der Waals surface area (Å²) in [5, 5.41) is 1.21. The molecule has 1 amide bonds. The molecular weight excluding hydrogens is 394 g/mol. The van der Waals surface area contributed by atoms with Crippen LogP contribution in [0.15, 0.2) is 52.4 Å². The van der Waals surface area contributed by atoms with E-state index in [1.54, 1.807) is 15.5 Å². The summed E-state index contributed by atoms with van der Waals surface area (Å²) in [5.41, 5.74) is 4.16. The Balaban J connectivity index is 1.78. The number of amides is 1. The van der Waals surface area contributed by atoms with Crippen molar-refractivity contribution in [2.24, 2.45) is 5.92 Å². The van der Waals surface area contributed by atoms with Gasteiger partial charge < -0.3 is 4.90 Å². The summed E-state index contributed by atoms with van der Waals surface area (Å²) in [6.07, 6.45) is 0. The molecule has 6 heteroatoms. The number of aryl methyl sites for hydroxylation is 2. The molecular formula is C24H29N3O2S. The Morgan fingerprint density at radius 3 is 2.60 bits per heavy atom. The van der Waals surface area contributed by atoms with E-state index in [2.05, 4.69) is 50.9 Å². The topological polar surface area (TPSA) is 55.2 Å². The minimum atomic E-state index is -0.0483. The summed E-state index contributed by atoms with van der Waals surface area (Å²) >= 11 is 1.33. The van der Waals surface area contributed by atoms with Gasteiger partial charge in [0, 0.05) is 20.1 Å². The number of nitrogens with zero attached hydrogens (tertiary/aromatic N) is 3. The lowest BCUT2D eigenvalue weighted by molar-refractivity contribution is -0.127. The maximum Gasteiger partial charge on any atom is 0.262 e. The quantitative estimate of drug-likeness (QED) is 0.417. The van der Waals surface area contributed by atoms with Gasteiger partial charge in [-0.2, -0.15) is 0 Å². The zero-order valence-electron chi connectivity index (χ0n) is 18.3. The fourth-order valence-corrected chi connectivity index (χ4v) is 4.34. The number of hydrogen-bond acceptors (Lipinski definition) is 4. The molecule has 0 radical (unpaired) electrons. The SMILES string of the molecule is Cc1ccc(CN(C)C(=O)CSc2nc3ccccc3c(=O)n2CC(C)C)c(C)c1. The van der Waals surface area contributed by atoms with E-state index in [9.17, 15) is 9.59 Å². The van der Waals surface area contributed by atoms with Gasteiger partial charge in [-0.15, -0.1) is 0 Å². The molecule has 0 aliphatic rings. The van der Waals surface area contributed by atoms with Crippen molar-refractivity contribution in [3.8, 4) is 0 Å². The van der Waals surface area contributed by atoms with Crippen molar-refractivity contribution in [3.63, 3.8) is 0 Å². The number of para-hydroxylation sites is 1. The molecule has 3 aromatic rings. The average molecular weight is 424 g/mol. The largest absolute Gasteiger partial charge is 0.341 e. The molecule has 0 unspecified atom stereocenters. The van der Waals surface area contributed by atoms with Crippen molar-refractivity contribution in [1.82, 2.24) is 14.5 Å². The van der Waals surface area contributed by atoms with Crippen LogP contribution in [0.5, 0.6) is 0 Å². The fraction of sp³-hybridized carbons (Fsp3) is 0.375. The smallest absolute Gasteiger partial charge is 0.262 e. The van der Waals surface area contributed by atoms with Crippen LogP contribution in [0.3, 0.4) is 0 Å². The fourth-order valence-electron chi connectivity index (χ4n) is 3.39. The van der Waals surface area contributed by atoms with E-state index in [0.717, 1.165) is 5.56 Å². The summed E-state index contributed by atoms with van der Waals surface area (Å²) in [4.78, 5) is 32.2. The summed E-state index contributed by atoms with van der Waals surface area (Å²) in [6.45, 7) is 9.41. The number of carbonyl (C=O) groups excluding carboxylic acids is 1. The zero-order valence-corrected chi connectivity index (χ0v) is 19.1. The third kappa shape index (κ3) is 5.11. The summed E-state index contributed by atoms with van der Waals surface area (Å²) in [6, 6.07) is 13.6. The van der Waals surface area contributed by atoms with Crippen LogP contribution in [0.4, 0.5) is 0 Å². The highest BCUT2D eigenvalue weighted by atomic mass is 32.2. The molecule has 3 rings (SSSR count). The highest BCUT2D eigenvalue weighted by Gasteiger charge is 2.16. The first-order valence-corrected chi connectivity index (χ1v) is 11.2. The molecule has 0 N–H and O–H groups in total. The number of thioether (sulfide) groups is 1. The number of carbonyl (C=O) groups is 1. The Labute approximate surface area is 182 Å². The monoisotopic (exact) mass is 423 g/mol. The van der Waals surface area contributed by atoms with E-state index in [1.807, 2.05) is 25.2 Å². The minimum absolute atomic E-state index is 0.0125. The van der Waals surface area contributed by atoms with E-state index in [0.29, 0.717) is 35.1 Å². The van der Waals surface area contributed by atoms with Crippen LogP contribution in [0, 0.1) is 19.8 Å². The number of hydrogen-bond donors (Lipinski definition) is 0. The van der Waals surface area contributed by atoms with Crippen LogP contribution in [-0.4, -0.2) is 33.2 Å². The molecule has 0 bridgehead atoms. The Kier molecular flexibility index (Phi) is 6.98. The summed E-state index contributed by atoms with van der Waals surface area (Å²) in [7, 11) is 1.82. The maximum atomic E-state index is 13.0. The van der Waals surface area contributed by atoms with Gasteiger partial charge in [-0.25, -0.2) is 4.98 Å². The summed E-state index contributed by atoms with van der Waals surface area (Å²) in [5.74, 6) is 0.552. The second-order valence-corrected chi connectivity index (χ2v) is 9.13. The molecule has 0 fully saturated rings. The molecule has 0 saturated heterocycles. The van der Waals surface area contributed by atoms with Crippen molar-refractivity contribution in [2.45, 2.75) is 45.9 Å². The second kappa shape index (κ2) is 9.47. The number of fused-ring (bicyclic) bond motifs is 1. The van der Waals surface area contributed by atoms with Gasteiger partial charge in [0.15, 0.2) is 5.16 Å². The predicted molar refractivity (Wildman–Crippen MR) is 124 cm³/mol. The van der Waals surface area contributed by atoms with Crippen molar-refractivity contribution >= 4 is 28.6 Å². The molecule has 1 aromatic heterocycles. The van der Waals surface area contributed by atoms with Gasteiger partial charge in [0.2, 0.25) is 5.91 Å². The van der Waals surface area contributed by atoms with E-state index >= 15 is 0 Å². The average Bonchev–Trinajstić information content (AvgIpc) is 2.70. The van der Waals surface area contributed by atoms with Gasteiger partial charge in [0.05, 0.1) is 16.7 Å². The van der Waals surface area contributed by atoms with Crippen LogP contribution >= 0.6 is 11.8 Å². The van der Waals surface area contributed by atoms with Gasteiger partial charge in [-0.1, -0.05) is 61.5 Å². The molecule has 5 nitrogen and oxygen atoms in total. The lowest BCUT2D eigenvalue weighted by atomic mass is 10.1. The number of aromatic nitrogens is 2. The molecule has 0 aliphatic heterocycles. The molecule has 0 spiro atoms. The lowest BCUT2D eigenvalue weighted by Gasteiger charge is -2.19. The first kappa shape index (κ1) is 22.1. The minimum Gasteiger partial charge on any atom is -0.341 e. The van der Waals surface area contributed by atoms with Crippen LogP contribution < -0.4 is 5.56 Å². The van der Waals surface area contributed by atoms with Crippen molar-refractivity contribution < 1.29 is 4.79 Å². The molecule has 30 heavy (non-hydrogen) atoms. The number of rotatable bonds is 7. The third-order valence-corrected chi connectivity index (χ3v) is 5.99. The van der Waals surface area contributed by atoms with E-state index < -0.39 is 0 Å². The first-order chi connectivity index (χ1) is 14.3. The van der Waals surface area contributed by atoms with Gasteiger partial charge in [-0.3, -0.25) is 14.2 Å². The Morgan fingerprint density at radius 2 is 1.90 bits per heavy atom. The Morgan fingerprint density at radius 1 is 1.17 bits per heavy atom. The predicted octanol–water partition coefficient (Wildman–Crippen LogP) is 4.42. The van der Waals surface area contributed by atoms with Crippen molar-refractivity contribution in [2.75, 3.05) is 12.8 Å². The van der Waals surface area contributed by atoms with Crippen molar-refractivity contribution in [1.29, 1.82) is 0 Å². The number of benzene rings is 2. The molecule has 0 saturated carbocycles. The van der Waals surface area contributed by atoms with Crippen LogP contribution in [0.1, 0.15) is 30.5 Å². The standard InChI is InChI=1S/C24H29N3O2S/c1-16(2)13-27-23(29)20-8-6-7-9-21(20)25-24(27)30-15-22(28)26(5)14-19-11-10-17(3)12-18(19)4/h6-12,16H,13-15H2,1-5H3. The third-order valence-electron chi connectivity index (χ3n) is 5.03. The van der Waals surface area contributed by atoms with Crippen LogP contribution in [0.2, 0.25) is 0 Å². The molecule has 1 heterocycles. The normalized spacial score (nSPS) is 11.3. The zero-order chi connectivity index (χ0) is 21.8. The van der Waals surface area contributed by atoms with Crippen LogP contribution in [-0.2, 0) is 17.9 Å². The molecule has 0 aliphatic carbocycles.